The Morgan fingerprint density at radius 3 is 2.86 bits per heavy atom. The molecule has 2 rings (SSSR count). The molecule has 1 atom stereocenters. The van der Waals surface area contributed by atoms with E-state index in [1.807, 2.05) is 18.2 Å². The van der Waals surface area contributed by atoms with E-state index in [2.05, 4.69) is 33.2 Å². The van der Waals surface area contributed by atoms with E-state index in [0.29, 0.717) is 10.2 Å². The SMILES string of the molecule is CCCNC(c1ccc(Br)c(F)c1)c1ncccc1OC. The average Bonchev–Trinajstić information content (AvgIpc) is 2.51. The first-order valence-corrected chi connectivity index (χ1v) is 7.64. The number of hydrogen-bond donors (Lipinski definition) is 1. The molecule has 0 aliphatic rings. The van der Waals surface area contributed by atoms with Crippen molar-refractivity contribution in [3.63, 3.8) is 0 Å². The molecule has 21 heavy (non-hydrogen) atoms. The Morgan fingerprint density at radius 1 is 1.38 bits per heavy atom. The molecule has 0 radical (unpaired) electrons. The van der Waals surface area contributed by atoms with Crippen LogP contribution in [0.25, 0.3) is 0 Å². The zero-order valence-electron chi connectivity index (χ0n) is 12.1. The van der Waals surface area contributed by atoms with Crippen LogP contribution < -0.4 is 10.1 Å². The van der Waals surface area contributed by atoms with Crippen LogP contribution in [-0.4, -0.2) is 18.6 Å². The molecular formula is C16H18BrFN2O. The third kappa shape index (κ3) is 3.80. The summed E-state index contributed by atoms with van der Waals surface area (Å²) in [6.45, 7) is 2.89. The number of halogens is 2. The van der Waals surface area contributed by atoms with Crippen LogP contribution in [0.2, 0.25) is 0 Å². The van der Waals surface area contributed by atoms with E-state index in [0.717, 1.165) is 24.2 Å². The first-order valence-electron chi connectivity index (χ1n) is 6.84. The molecule has 2 aromatic rings. The van der Waals surface area contributed by atoms with Crippen molar-refractivity contribution in [1.29, 1.82) is 0 Å². The summed E-state index contributed by atoms with van der Waals surface area (Å²) in [6, 6.07) is 8.59. The van der Waals surface area contributed by atoms with Crippen molar-refractivity contribution in [2.45, 2.75) is 19.4 Å². The number of hydrogen-bond acceptors (Lipinski definition) is 3. The molecule has 0 saturated heterocycles. The standard InChI is InChI=1S/C16H18BrFN2O/c1-3-8-19-15(11-6-7-12(17)13(18)10-11)16-14(21-2)5-4-9-20-16/h4-7,9-10,15,19H,3,8H2,1-2H3. The smallest absolute Gasteiger partial charge is 0.142 e. The zero-order valence-corrected chi connectivity index (χ0v) is 13.7. The Labute approximate surface area is 132 Å². The second-order valence-corrected chi connectivity index (χ2v) is 5.51. The van der Waals surface area contributed by atoms with Gasteiger partial charge in [0.15, 0.2) is 0 Å². The average molecular weight is 353 g/mol. The molecule has 112 valence electrons. The van der Waals surface area contributed by atoms with E-state index in [1.165, 1.54) is 6.07 Å². The highest BCUT2D eigenvalue weighted by molar-refractivity contribution is 9.10. The Balaban J connectivity index is 2.44. The molecule has 1 heterocycles. The van der Waals surface area contributed by atoms with Gasteiger partial charge in [0.1, 0.15) is 17.3 Å². The lowest BCUT2D eigenvalue weighted by molar-refractivity contribution is 0.399. The van der Waals surface area contributed by atoms with Crippen molar-refractivity contribution in [2.75, 3.05) is 13.7 Å². The first-order chi connectivity index (χ1) is 10.2. The lowest BCUT2D eigenvalue weighted by atomic mass is 10.0. The molecular weight excluding hydrogens is 335 g/mol. The summed E-state index contributed by atoms with van der Waals surface area (Å²) in [6.07, 6.45) is 2.69. The van der Waals surface area contributed by atoms with Gasteiger partial charge in [-0.1, -0.05) is 13.0 Å². The Hall–Kier alpha value is -1.46. The number of pyridine rings is 1. The van der Waals surface area contributed by atoms with Crippen LogP contribution in [0.15, 0.2) is 41.0 Å². The van der Waals surface area contributed by atoms with Crippen molar-refractivity contribution >= 4 is 15.9 Å². The molecule has 0 aliphatic carbocycles. The molecule has 0 aliphatic heterocycles. The molecule has 1 aromatic heterocycles. The first kappa shape index (κ1) is 15.9. The fourth-order valence-electron chi connectivity index (χ4n) is 2.15. The van der Waals surface area contributed by atoms with Gasteiger partial charge in [-0.3, -0.25) is 4.98 Å². The van der Waals surface area contributed by atoms with Gasteiger partial charge < -0.3 is 10.1 Å². The van der Waals surface area contributed by atoms with E-state index in [9.17, 15) is 4.39 Å². The van der Waals surface area contributed by atoms with Crippen LogP contribution >= 0.6 is 15.9 Å². The van der Waals surface area contributed by atoms with Crippen LogP contribution in [-0.2, 0) is 0 Å². The van der Waals surface area contributed by atoms with Crippen molar-refractivity contribution in [3.05, 3.63) is 58.1 Å². The largest absolute Gasteiger partial charge is 0.495 e. The van der Waals surface area contributed by atoms with Crippen molar-refractivity contribution < 1.29 is 9.13 Å². The van der Waals surface area contributed by atoms with Gasteiger partial charge in [0.2, 0.25) is 0 Å². The monoisotopic (exact) mass is 352 g/mol. The minimum absolute atomic E-state index is 0.205. The summed E-state index contributed by atoms with van der Waals surface area (Å²) in [7, 11) is 1.61. The topological polar surface area (TPSA) is 34.2 Å². The summed E-state index contributed by atoms with van der Waals surface area (Å²) in [5.41, 5.74) is 1.58. The number of rotatable bonds is 6. The van der Waals surface area contributed by atoms with Gasteiger partial charge in [0.25, 0.3) is 0 Å². The maximum atomic E-state index is 13.8. The number of ether oxygens (including phenoxy) is 1. The zero-order chi connectivity index (χ0) is 15.2. The Bertz CT molecular complexity index is 607. The summed E-state index contributed by atoms with van der Waals surface area (Å²) in [5.74, 6) is 0.403. The summed E-state index contributed by atoms with van der Waals surface area (Å²) in [4.78, 5) is 4.41. The highest BCUT2D eigenvalue weighted by atomic mass is 79.9. The van der Waals surface area contributed by atoms with Crippen molar-refractivity contribution in [3.8, 4) is 5.75 Å². The number of methoxy groups -OCH3 is 1. The molecule has 0 amide bonds. The van der Waals surface area contributed by atoms with Gasteiger partial charge in [0, 0.05) is 6.20 Å². The quantitative estimate of drug-likeness (QED) is 0.850. The van der Waals surface area contributed by atoms with E-state index < -0.39 is 0 Å². The Kier molecular flexibility index (Phi) is 5.70. The normalized spacial score (nSPS) is 12.2. The van der Waals surface area contributed by atoms with Gasteiger partial charge in [0.05, 0.1) is 17.6 Å². The third-order valence-corrected chi connectivity index (χ3v) is 3.81. The fourth-order valence-corrected chi connectivity index (χ4v) is 2.39. The molecule has 0 saturated carbocycles. The highest BCUT2D eigenvalue weighted by Gasteiger charge is 2.20. The summed E-state index contributed by atoms with van der Waals surface area (Å²) in [5, 5.41) is 3.40. The number of benzene rings is 1. The van der Waals surface area contributed by atoms with E-state index >= 15 is 0 Å². The van der Waals surface area contributed by atoms with Crippen molar-refractivity contribution in [1.82, 2.24) is 10.3 Å². The molecule has 5 heteroatoms. The van der Waals surface area contributed by atoms with Gasteiger partial charge in [-0.15, -0.1) is 0 Å². The molecule has 1 aromatic carbocycles. The van der Waals surface area contributed by atoms with E-state index in [4.69, 9.17) is 4.74 Å². The molecule has 3 nitrogen and oxygen atoms in total. The van der Waals surface area contributed by atoms with Crippen LogP contribution in [0.4, 0.5) is 4.39 Å². The lowest BCUT2D eigenvalue weighted by Gasteiger charge is -2.20. The van der Waals surface area contributed by atoms with Gasteiger partial charge in [-0.05, 0) is 58.7 Å². The molecule has 1 unspecified atom stereocenters. The minimum atomic E-state index is -0.286. The van der Waals surface area contributed by atoms with E-state index in [-0.39, 0.29) is 11.9 Å². The molecule has 0 bridgehead atoms. The van der Waals surface area contributed by atoms with E-state index in [1.54, 1.807) is 19.4 Å². The Morgan fingerprint density at radius 2 is 2.19 bits per heavy atom. The van der Waals surface area contributed by atoms with Gasteiger partial charge >= 0.3 is 0 Å². The molecule has 0 spiro atoms. The van der Waals surface area contributed by atoms with Crippen molar-refractivity contribution in [2.24, 2.45) is 0 Å². The number of nitrogens with one attached hydrogen (secondary N) is 1. The predicted octanol–water partition coefficient (Wildman–Crippen LogP) is 4.08. The maximum absolute atomic E-state index is 13.8. The summed E-state index contributed by atoms with van der Waals surface area (Å²) < 4.78 is 19.7. The van der Waals surface area contributed by atoms with Gasteiger partial charge in [-0.2, -0.15) is 0 Å². The van der Waals surface area contributed by atoms with Gasteiger partial charge in [-0.25, -0.2) is 4.39 Å². The lowest BCUT2D eigenvalue weighted by Crippen LogP contribution is -2.24. The van der Waals surface area contributed by atoms with Crippen LogP contribution in [0, 0.1) is 5.82 Å². The number of nitrogens with zero attached hydrogens (tertiary/aromatic N) is 1. The third-order valence-electron chi connectivity index (χ3n) is 3.17. The maximum Gasteiger partial charge on any atom is 0.142 e. The van der Waals surface area contributed by atoms with Crippen LogP contribution in [0.5, 0.6) is 5.75 Å². The predicted molar refractivity (Wildman–Crippen MR) is 85.0 cm³/mol. The van der Waals surface area contributed by atoms with Crippen LogP contribution in [0.1, 0.15) is 30.6 Å². The summed E-state index contributed by atoms with van der Waals surface area (Å²) >= 11 is 3.18. The number of aromatic nitrogens is 1. The minimum Gasteiger partial charge on any atom is -0.495 e. The second kappa shape index (κ2) is 7.52. The highest BCUT2D eigenvalue weighted by Crippen LogP contribution is 2.29. The van der Waals surface area contributed by atoms with Crippen LogP contribution in [0.3, 0.4) is 0 Å². The fraction of sp³-hybridized carbons (Fsp3) is 0.312. The second-order valence-electron chi connectivity index (χ2n) is 4.65. The molecule has 1 N–H and O–H groups in total. The molecule has 0 fully saturated rings.